The van der Waals surface area contributed by atoms with Gasteiger partial charge in [-0.05, 0) is 41.7 Å². The molecular formula is C14H15NS. The van der Waals surface area contributed by atoms with Gasteiger partial charge < -0.3 is 5.73 Å². The fourth-order valence-corrected chi connectivity index (χ4v) is 3.41. The predicted octanol–water partition coefficient (Wildman–Crippen LogP) is 4.01. The summed E-state index contributed by atoms with van der Waals surface area (Å²) in [5.41, 5.74) is 9.07. The molecule has 1 unspecified atom stereocenters. The Morgan fingerprint density at radius 2 is 2.12 bits per heavy atom. The highest BCUT2D eigenvalue weighted by atomic mass is 32.1. The molecule has 0 saturated carbocycles. The van der Waals surface area contributed by atoms with Crippen LogP contribution in [0, 0.1) is 0 Å². The van der Waals surface area contributed by atoms with Crippen molar-refractivity contribution in [3.63, 3.8) is 0 Å². The van der Waals surface area contributed by atoms with Gasteiger partial charge >= 0.3 is 0 Å². The van der Waals surface area contributed by atoms with Gasteiger partial charge in [-0.1, -0.05) is 29.8 Å². The maximum absolute atomic E-state index is 6.35. The third kappa shape index (κ3) is 1.58. The summed E-state index contributed by atoms with van der Waals surface area (Å²) < 4.78 is 1.34. The van der Waals surface area contributed by atoms with Gasteiger partial charge in [-0.15, -0.1) is 11.3 Å². The molecule has 82 valence electrons. The Bertz CT molecular complexity index is 538. The van der Waals surface area contributed by atoms with Gasteiger partial charge in [0.1, 0.15) is 0 Å². The molecule has 0 fully saturated rings. The average Bonchev–Trinajstić information content (AvgIpc) is 2.98. The molecule has 1 heterocycles. The summed E-state index contributed by atoms with van der Waals surface area (Å²) >= 11 is 1.79. The van der Waals surface area contributed by atoms with E-state index in [-0.39, 0.29) is 6.04 Å². The van der Waals surface area contributed by atoms with Crippen LogP contribution in [0.1, 0.15) is 30.9 Å². The van der Waals surface area contributed by atoms with Crippen LogP contribution in [0.2, 0.25) is 0 Å². The van der Waals surface area contributed by atoms with Crippen LogP contribution in [0.25, 0.3) is 10.1 Å². The van der Waals surface area contributed by atoms with Crippen molar-refractivity contribution in [2.24, 2.45) is 5.73 Å². The van der Waals surface area contributed by atoms with Crippen LogP contribution < -0.4 is 5.73 Å². The van der Waals surface area contributed by atoms with Gasteiger partial charge in [0, 0.05) is 4.70 Å². The molecule has 1 nitrogen and oxygen atoms in total. The normalized spacial score (nSPS) is 17.7. The third-order valence-electron chi connectivity index (χ3n) is 3.32. The first kappa shape index (κ1) is 10.1. The minimum Gasteiger partial charge on any atom is -0.321 e. The minimum absolute atomic E-state index is 0.110. The van der Waals surface area contributed by atoms with Gasteiger partial charge in [0.05, 0.1) is 6.04 Å². The lowest BCUT2D eigenvalue weighted by Gasteiger charge is -2.12. The van der Waals surface area contributed by atoms with E-state index in [1.807, 2.05) is 0 Å². The van der Waals surface area contributed by atoms with Gasteiger partial charge in [-0.25, -0.2) is 0 Å². The standard InChI is InChI=1S/C14H15NS/c15-14(10-5-1-2-6-10)12-9-16-13-8-4-3-7-11(12)13/h3-5,7-9,14H,1-2,6,15H2. The second-order valence-electron chi connectivity index (χ2n) is 4.34. The van der Waals surface area contributed by atoms with Gasteiger partial charge in [0.25, 0.3) is 0 Å². The predicted molar refractivity (Wildman–Crippen MR) is 70.7 cm³/mol. The summed E-state index contributed by atoms with van der Waals surface area (Å²) in [5.74, 6) is 0. The molecule has 16 heavy (non-hydrogen) atoms. The van der Waals surface area contributed by atoms with Crippen LogP contribution in [0.3, 0.4) is 0 Å². The van der Waals surface area contributed by atoms with Crippen molar-refractivity contribution in [2.45, 2.75) is 25.3 Å². The summed E-state index contributed by atoms with van der Waals surface area (Å²) in [6, 6.07) is 8.63. The Morgan fingerprint density at radius 3 is 2.94 bits per heavy atom. The molecule has 1 atom stereocenters. The number of nitrogens with two attached hydrogens (primary N) is 1. The molecule has 2 N–H and O–H groups in total. The third-order valence-corrected chi connectivity index (χ3v) is 4.30. The first-order valence-corrected chi connectivity index (χ1v) is 6.65. The SMILES string of the molecule is NC(C1=CCCC1)c1csc2ccccc12. The van der Waals surface area contributed by atoms with Gasteiger partial charge in [0.15, 0.2) is 0 Å². The zero-order chi connectivity index (χ0) is 11.0. The van der Waals surface area contributed by atoms with E-state index in [9.17, 15) is 0 Å². The number of allylic oxidation sites excluding steroid dienone is 1. The highest BCUT2D eigenvalue weighted by Crippen LogP contribution is 2.35. The Kier molecular flexibility index (Phi) is 2.54. The van der Waals surface area contributed by atoms with E-state index in [2.05, 4.69) is 35.7 Å². The summed E-state index contributed by atoms with van der Waals surface area (Å²) in [6.45, 7) is 0. The van der Waals surface area contributed by atoms with Crippen molar-refractivity contribution in [2.75, 3.05) is 0 Å². The highest BCUT2D eigenvalue weighted by Gasteiger charge is 2.17. The van der Waals surface area contributed by atoms with E-state index >= 15 is 0 Å². The van der Waals surface area contributed by atoms with E-state index < -0.39 is 0 Å². The maximum atomic E-state index is 6.35. The number of thiophene rings is 1. The van der Waals surface area contributed by atoms with E-state index in [0.717, 1.165) is 0 Å². The molecular weight excluding hydrogens is 214 g/mol. The number of benzene rings is 1. The Morgan fingerprint density at radius 1 is 1.25 bits per heavy atom. The summed E-state index contributed by atoms with van der Waals surface area (Å²) in [5, 5.41) is 3.54. The smallest absolute Gasteiger partial charge is 0.0525 e. The summed E-state index contributed by atoms with van der Waals surface area (Å²) in [7, 11) is 0. The molecule has 2 heteroatoms. The molecule has 3 rings (SSSR count). The van der Waals surface area contributed by atoms with Crippen molar-refractivity contribution < 1.29 is 0 Å². The zero-order valence-corrected chi connectivity index (χ0v) is 9.96. The number of rotatable bonds is 2. The summed E-state index contributed by atoms with van der Waals surface area (Å²) in [6.07, 6.45) is 5.96. The number of hydrogen-bond donors (Lipinski definition) is 1. The summed E-state index contributed by atoms with van der Waals surface area (Å²) in [4.78, 5) is 0. The maximum Gasteiger partial charge on any atom is 0.0525 e. The van der Waals surface area contributed by atoms with Gasteiger partial charge in [-0.3, -0.25) is 0 Å². The Hall–Kier alpha value is -1.12. The molecule has 1 aromatic carbocycles. The van der Waals surface area contributed by atoms with Crippen molar-refractivity contribution in [3.8, 4) is 0 Å². The van der Waals surface area contributed by atoms with Crippen molar-refractivity contribution in [1.82, 2.24) is 0 Å². The molecule has 0 aliphatic heterocycles. The van der Waals surface area contributed by atoms with E-state index in [1.54, 1.807) is 11.3 Å². The quantitative estimate of drug-likeness (QED) is 0.774. The molecule has 1 aliphatic carbocycles. The second-order valence-corrected chi connectivity index (χ2v) is 5.25. The topological polar surface area (TPSA) is 26.0 Å². The highest BCUT2D eigenvalue weighted by molar-refractivity contribution is 7.17. The molecule has 1 aromatic heterocycles. The molecule has 0 spiro atoms. The van der Waals surface area contributed by atoms with Crippen molar-refractivity contribution >= 4 is 21.4 Å². The Balaban J connectivity index is 2.05. The molecule has 0 saturated heterocycles. The van der Waals surface area contributed by atoms with E-state index in [4.69, 9.17) is 5.73 Å². The first-order chi connectivity index (χ1) is 7.86. The zero-order valence-electron chi connectivity index (χ0n) is 9.15. The molecule has 0 radical (unpaired) electrons. The molecule has 1 aliphatic rings. The van der Waals surface area contributed by atoms with Crippen LogP contribution >= 0.6 is 11.3 Å². The van der Waals surface area contributed by atoms with Gasteiger partial charge in [0.2, 0.25) is 0 Å². The van der Waals surface area contributed by atoms with Crippen LogP contribution in [-0.2, 0) is 0 Å². The van der Waals surface area contributed by atoms with E-state index in [1.165, 1.54) is 40.5 Å². The molecule has 0 amide bonds. The molecule has 0 bridgehead atoms. The van der Waals surface area contributed by atoms with Crippen molar-refractivity contribution in [1.29, 1.82) is 0 Å². The van der Waals surface area contributed by atoms with Crippen LogP contribution in [0.5, 0.6) is 0 Å². The van der Waals surface area contributed by atoms with Crippen LogP contribution in [0.15, 0.2) is 41.3 Å². The number of fused-ring (bicyclic) bond motifs is 1. The fourth-order valence-electron chi connectivity index (χ4n) is 2.42. The van der Waals surface area contributed by atoms with Crippen LogP contribution in [-0.4, -0.2) is 0 Å². The molecule has 2 aromatic rings. The van der Waals surface area contributed by atoms with Gasteiger partial charge in [-0.2, -0.15) is 0 Å². The van der Waals surface area contributed by atoms with Crippen LogP contribution in [0.4, 0.5) is 0 Å². The van der Waals surface area contributed by atoms with Crippen molar-refractivity contribution in [3.05, 3.63) is 46.9 Å². The average molecular weight is 229 g/mol. The minimum atomic E-state index is 0.110. The lowest BCUT2D eigenvalue weighted by Crippen LogP contribution is -2.11. The fraction of sp³-hybridized carbons (Fsp3) is 0.286. The Labute approximate surface area is 99.6 Å². The van der Waals surface area contributed by atoms with E-state index in [0.29, 0.717) is 0 Å². The first-order valence-electron chi connectivity index (χ1n) is 5.77. The monoisotopic (exact) mass is 229 g/mol. The lowest BCUT2D eigenvalue weighted by atomic mass is 9.99. The second kappa shape index (κ2) is 4.04. The largest absolute Gasteiger partial charge is 0.321 e. The lowest BCUT2D eigenvalue weighted by molar-refractivity contribution is 0.792. The number of hydrogen-bond acceptors (Lipinski definition) is 2.